The molecule has 1 saturated heterocycles. The van der Waals surface area contributed by atoms with Crippen molar-refractivity contribution in [2.45, 2.75) is 46.6 Å². The summed E-state index contributed by atoms with van der Waals surface area (Å²) < 4.78 is 5.39. The van der Waals surface area contributed by atoms with E-state index < -0.39 is 0 Å². The summed E-state index contributed by atoms with van der Waals surface area (Å²) in [4.78, 5) is 11.7. The number of hydrogen-bond donors (Lipinski definition) is 1. The van der Waals surface area contributed by atoms with E-state index in [0.29, 0.717) is 12.0 Å². The summed E-state index contributed by atoms with van der Waals surface area (Å²) in [5.41, 5.74) is 3.48. The quantitative estimate of drug-likeness (QED) is 0.900. The van der Waals surface area contributed by atoms with Crippen LogP contribution in [0.5, 0.6) is 0 Å². The van der Waals surface area contributed by atoms with Gasteiger partial charge in [0.1, 0.15) is 0 Å². The molecule has 5 nitrogen and oxygen atoms in total. The van der Waals surface area contributed by atoms with Gasteiger partial charge in [-0.15, -0.1) is 0 Å². The number of aryl methyl sites for hydroxylation is 2. The molecule has 2 rings (SSSR count). The van der Waals surface area contributed by atoms with Gasteiger partial charge in [0.25, 0.3) is 0 Å². The van der Waals surface area contributed by atoms with Crippen molar-refractivity contribution >= 4 is 5.95 Å². The van der Waals surface area contributed by atoms with Gasteiger partial charge in [-0.3, -0.25) is 0 Å². The van der Waals surface area contributed by atoms with Crippen LogP contribution in [-0.4, -0.2) is 48.9 Å². The zero-order valence-electron chi connectivity index (χ0n) is 13.9. The number of morpholine rings is 1. The lowest BCUT2D eigenvalue weighted by Crippen LogP contribution is -2.37. The normalized spacial score (nSPS) is 17.3. The third-order valence-electron chi connectivity index (χ3n) is 3.93. The van der Waals surface area contributed by atoms with Crippen LogP contribution >= 0.6 is 0 Å². The van der Waals surface area contributed by atoms with Gasteiger partial charge in [-0.05, 0) is 25.3 Å². The molecule has 1 aromatic heterocycles. The van der Waals surface area contributed by atoms with Gasteiger partial charge in [0, 0.05) is 37.1 Å². The minimum Gasteiger partial charge on any atom is -0.378 e. The van der Waals surface area contributed by atoms with E-state index in [-0.39, 0.29) is 0 Å². The van der Waals surface area contributed by atoms with E-state index >= 15 is 0 Å². The largest absolute Gasteiger partial charge is 0.378 e. The maximum atomic E-state index is 5.39. The molecule has 5 heteroatoms. The molecule has 21 heavy (non-hydrogen) atoms. The summed E-state index contributed by atoms with van der Waals surface area (Å²) in [5, 5.41) is 3.49. The lowest BCUT2D eigenvalue weighted by atomic mass is 9.98. The Morgan fingerprint density at radius 2 is 1.67 bits per heavy atom. The number of nitrogens with one attached hydrogen (secondary N) is 1. The van der Waals surface area contributed by atoms with Gasteiger partial charge in [-0.25, -0.2) is 9.97 Å². The van der Waals surface area contributed by atoms with Gasteiger partial charge in [-0.1, -0.05) is 20.8 Å². The summed E-state index contributed by atoms with van der Waals surface area (Å²) in [5.74, 6) is 1.27. The standard InChI is InChI=1S/C16H28N4O/c1-11(2)17-10-12(3)15-13(4)18-16(19-14(15)5)20-6-8-21-9-7-20/h11-12,17H,6-10H2,1-5H3. The fourth-order valence-electron chi connectivity index (χ4n) is 2.84. The highest BCUT2D eigenvalue weighted by Gasteiger charge is 2.19. The fraction of sp³-hybridized carbons (Fsp3) is 0.750. The summed E-state index contributed by atoms with van der Waals surface area (Å²) in [6.07, 6.45) is 0. The van der Waals surface area contributed by atoms with Gasteiger partial charge in [0.05, 0.1) is 13.2 Å². The maximum absolute atomic E-state index is 5.39. The average molecular weight is 292 g/mol. The maximum Gasteiger partial charge on any atom is 0.225 e. The Bertz CT molecular complexity index is 446. The van der Waals surface area contributed by atoms with Crippen molar-refractivity contribution in [1.29, 1.82) is 0 Å². The Morgan fingerprint density at radius 3 is 2.19 bits per heavy atom. The predicted octanol–water partition coefficient (Wildman–Crippen LogP) is 2.03. The molecule has 1 aromatic rings. The molecule has 118 valence electrons. The predicted molar refractivity (Wildman–Crippen MR) is 86.1 cm³/mol. The van der Waals surface area contributed by atoms with Crippen LogP contribution < -0.4 is 10.2 Å². The number of rotatable bonds is 5. The Balaban J connectivity index is 2.16. The highest BCUT2D eigenvalue weighted by Crippen LogP contribution is 2.23. The molecule has 1 unspecified atom stereocenters. The first-order chi connectivity index (χ1) is 9.99. The third kappa shape index (κ3) is 4.14. The van der Waals surface area contributed by atoms with Crippen LogP contribution in [0.25, 0.3) is 0 Å². The summed E-state index contributed by atoms with van der Waals surface area (Å²) in [7, 11) is 0. The van der Waals surface area contributed by atoms with Crippen molar-refractivity contribution in [3.05, 3.63) is 17.0 Å². The highest BCUT2D eigenvalue weighted by molar-refractivity contribution is 5.38. The van der Waals surface area contributed by atoms with E-state index in [0.717, 1.165) is 50.2 Å². The minimum absolute atomic E-state index is 0.422. The van der Waals surface area contributed by atoms with E-state index in [4.69, 9.17) is 14.7 Å². The third-order valence-corrected chi connectivity index (χ3v) is 3.93. The molecular weight excluding hydrogens is 264 g/mol. The van der Waals surface area contributed by atoms with Crippen LogP contribution in [0.2, 0.25) is 0 Å². The first kappa shape index (κ1) is 16.2. The van der Waals surface area contributed by atoms with Crippen molar-refractivity contribution in [2.75, 3.05) is 37.7 Å². The Kier molecular flexibility index (Phi) is 5.53. The number of ether oxygens (including phenoxy) is 1. The molecule has 0 aliphatic carbocycles. The van der Waals surface area contributed by atoms with E-state index in [1.165, 1.54) is 5.56 Å². The Hall–Kier alpha value is -1.20. The van der Waals surface area contributed by atoms with Crippen LogP contribution in [0, 0.1) is 13.8 Å². The molecule has 1 aliphatic heterocycles. The van der Waals surface area contributed by atoms with Crippen molar-refractivity contribution in [3.8, 4) is 0 Å². The Morgan fingerprint density at radius 1 is 1.10 bits per heavy atom. The first-order valence-corrected chi connectivity index (χ1v) is 7.90. The zero-order valence-corrected chi connectivity index (χ0v) is 13.9. The first-order valence-electron chi connectivity index (χ1n) is 7.90. The van der Waals surface area contributed by atoms with Crippen LogP contribution in [0.4, 0.5) is 5.95 Å². The summed E-state index contributed by atoms with van der Waals surface area (Å²) in [6, 6.07) is 0.501. The van der Waals surface area contributed by atoms with Crippen molar-refractivity contribution < 1.29 is 4.74 Å². The molecule has 0 amide bonds. The molecule has 1 atom stereocenters. The van der Waals surface area contributed by atoms with Crippen LogP contribution in [-0.2, 0) is 4.74 Å². The highest BCUT2D eigenvalue weighted by atomic mass is 16.5. The second-order valence-corrected chi connectivity index (χ2v) is 6.17. The zero-order chi connectivity index (χ0) is 15.4. The van der Waals surface area contributed by atoms with Crippen LogP contribution in [0.15, 0.2) is 0 Å². The van der Waals surface area contributed by atoms with E-state index in [9.17, 15) is 0 Å². The van der Waals surface area contributed by atoms with E-state index in [1.54, 1.807) is 0 Å². The fourth-order valence-corrected chi connectivity index (χ4v) is 2.84. The molecule has 0 aromatic carbocycles. The summed E-state index contributed by atoms with van der Waals surface area (Å²) >= 11 is 0. The van der Waals surface area contributed by atoms with E-state index in [1.807, 2.05) is 0 Å². The molecule has 2 heterocycles. The number of aromatic nitrogens is 2. The lowest BCUT2D eigenvalue weighted by Gasteiger charge is -2.28. The number of hydrogen-bond acceptors (Lipinski definition) is 5. The van der Waals surface area contributed by atoms with E-state index in [2.05, 4.69) is 44.8 Å². The second kappa shape index (κ2) is 7.18. The molecule has 0 bridgehead atoms. The van der Waals surface area contributed by atoms with Gasteiger partial charge in [0.15, 0.2) is 0 Å². The molecule has 1 N–H and O–H groups in total. The molecule has 0 radical (unpaired) electrons. The van der Waals surface area contributed by atoms with Crippen molar-refractivity contribution in [2.24, 2.45) is 0 Å². The average Bonchev–Trinajstić information content (AvgIpc) is 2.45. The van der Waals surface area contributed by atoms with Gasteiger partial charge < -0.3 is 15.0 Å². The molecule has 1 aliphatic rings. The van der Waals surface area contributed by atoms with Gasteiger partial charge in [0.2, 0.25) is 5.95 Å². The van der Waals surface area contributed by atoms with Crippen LogP contribution in [0.1, 0.15) is 43.6 Å². The SMILES string of the molecule is Cc1nc(N2CCOCC2)nc(C)c1C(C)CNC(C)C. The number of anilines is 1. The monoisotopic (exact) mass is 292 g/mol. The molecule has 0 saturated carbocycles. The van der Waals surface area contributed by atoms with Crippen molar-refractivity contribution in [3.63, 3.8) is 0 Å². The van der Waals surface area contributed by atoms with Crippen LogP contribution in [0.3, 0.4) is 0 Å². The lowest BCUT2D eigenvalue weighted by molar-refractivity contribution is 0.122. The molecule has 1 fully saturated rings. The van der Waals surface area contributed by atoms with Gasteiger partial charge >= 0.3 is 0 Å². The van der Waals surface area contributed by atoms with Gasteiger partial charge in [-0.2, -0.15) is 0 Å². The molecule has 0 spiro atoms. The van der Waals surface area contributed by atoms with Crippen molar-refractivity contribution in [1.82, 2.24) is 15.3 Å². The Labute approximate surface area is 128 Å². The number of nitrogens with zero attached hydrogens (tertiary/aromatic N) is 3. The minimum atomic E-state index is 0.422. The summed E-state index contributed by atoms with van der Waals surface area (Å²) in [6.45, 7) is 15.0. The smallest absolute Gasteiger partial charge is 0.225 e. The topological polar surface area (TPSA) is 50.3 Å². The molecular formula is C16H28N4O. The second-order valence-electron chi connectivity index (χ2n) is 6.17.